The predicted molar refractivity (Wildman–Crippen MR) is 85.3 cm³/mol. The van der Waals surface area contributed by atoms with Crippen LogP contribution in [0, 0.1) is 18.6 Å². The van der Waals surface area contributed by atoms with Crippen LogP contribution < -0.4 is 5.32 Å². The van der Waals surface area contributed by atoms with Gasteiger partial charge in [-0.3, -0.25) is 0 Å². The fourth-order valence-corrected chi connectivity index (χ4v) is 2.73. The van der Waals surface area contributed by atoms with Crippen molar-refractivity contribution >= 4 is 0 Å². The minimum absolute atomic E-state index is 0.348. The topological polar surface area (TPSA) is 65.1 Å². The minimum atomic E-state index is -0.947. The SMILES string of the molecule is Cc1ccc(-c2nc(C3CNCCO3)n(-c3ccc(F)c(F)c3)n2)o1. The first-order valence-electron chi connectivity index (χ1n) is 7.93. The van der Waals surface area contributed by atoms with Crippen LogP contribution in [0.1, 0.15) is 17.7 Å². The number of aryl methyl sites for hydroxylation is 1. The number of nitrogens with zero attached hydrogens (tertiary/aromatic N) is 3. The molecule has 1 aliphatic heterocycles. The number of ether oxygens (including phenoxy) is 1. The van der Waals surface area contributed by atoms with Gasteiger partial charge in [0.2, 0.25) is 5.82 Å². The molecule has 1 N–H and O–H groups in total. The maximum atomic E-state index is 13.7. The monoisotopic (exact) mass is 346 g/mol. The molecule has 130 valence electrons. The fourth-order valence-electron chi connectivity index (χ4n) is 2.73. The molecule has 1 aromatic carbocycles. The number of benzene rings is 1. The lowest BCUT2D eigenvalue weighted by Crippen LogP contribution is -2.34. The number of morpholine rings is 1. The van der Waals surface area contributed by atoms with Crippen molar-refractivity contribution in [1.29, 1.82) is 0 Å². The Morgan fingerprint density at radius 2 is 2.08 bits per heavy atom. The Balaban J connectivity index is 1.82. The van der Waals surface area contributed by atoms with E-state index >= 15 is 0 Å². The van der Waals surface area contributed by atoms with Gasteiger partial charge in [-0.2, -0.15) is 0 Å². The standard InChI is InChI=1S/C17H16F2N4O2/c1-10-2-5-14(25-10)16-21-17(15-9-20-6-7-24-15)23(22-16)11-3-4-12(18)13(19)8-11/h2-5,8,15,20H,6-7,9H2,1H3. The molecule has 1 fully saturated rings. The first-order valence-corrected chi connectivity index (χ1v) is 7.93. The second-order valence-corrected chi connectivity index (χ2v) is 5.78. The number of halogens is 2. The van der Waals surface area contributed by atoms with Crippen molar-refractivity contribution < 1.29 is 17.9 Å². The van der Waals surface area contributed by atoms with Gasteiger partial charge in [0.1, 0.15) is 11.9 Å². The molecule has 3 heterocycles. The summed E-state index contributed by atoms with van der Waals surface area (Å²) in [6.45, 7) is 3.66. The molecule has 1 atom stereocenters. The predicted octanol–water partition coefficient (Wildman–Crippen LogP) is 2.77. The summed E-state index contributed by atoms with van der Waals surface area (Å²) in [6.07, 6.45) is -0.348. The highest BCUT2D eigenvalue weighted by Crippen LogP contribution is 2.26. The molecule has 1 saturated heterocycles. The number of aromatic nitrogens is 3. The maximum absolute atomic E-state index is 13.7. The van der Waals surface area contributed by atoms with Crippen LogP contribution in [0.3, 0.4) is 0 Å². The summed E-state index contributed by atoms with van der Waals surface area (Å²) in [6, 6.07) is 7.17. The van der Waals surface area contributed by atoms with E-state index in [1.165, 1.54) is 10.7 Å². The molecule has 8 heteroatoms. The van der Waals surface area contributed by atoms with E-state index in [0.29, 0.717) is 36.2 Å². The van der Waals surface area contributed by atoms with Crippen molar-refractivity contribution in [3.8, 4) is 17.3 Å². The zero-order valence-corrected chi connectivity index (χ0v) is 13.5. The van der Waals surface area contributed by atoms with E-state index in [1.54, 1.807) is 6.07 Å². The second-order valence-electron chi connectivity index (χ2n) is 5.78. The van der Waals surface area contributed by atoms with Crippen LogP contribution in [0.5, 0.6) is 0 Å². The molecule has 0 radical (unpaired) electrons. The molecule has 4 rings (SSSR count). The van der Waals surface area contributed by atoms with Gasteiger partial charge in [-0.15, -0.1) is 5.10 Å². The molecule has 0 spiro atoms. The van der Waals surface area contributed by atoms with Crippen LogP contribution in [0.25, 0.3) is 17.3 Å². The molecule has 0 aliphatic carbocycles. The van der Waals surface area contributed by atoms with Crippen molar-refractivity contribution in [3.05, 3.63) is 53.6 Å². The quantitative estimate of drug-likeness (QED) is 0.790. The molecule has 25 heavy (non-hydrogen) atoms. The Hall–Kier alpha value is -2.58. The zero-order chi connectivity index (χ0) is 17.4. The largest absolute Gasteiger partial charge is 0.458 e. The summed E-state index contributed by atoms with van der Waals surface area (Å²) in [5, 5.41) is 7.65. The average Bonchev–Trinajstić information content (AvgIpc) is 3.24. The lowest BCUT2D eigenvalue weighted by Gasteiger charge is -2.23. The summed E-state index contributed by atoms with van der Waals surface area (Å²) in [4.78, 5) is 4.52. The Morgan fingerprint density at radius 3 is 2.76 bits per heavy atom. The van der Waals surface area contributed by atoms with Crippen molar-refractivity contribution in [3.63, 3.8) is 0 Å². The third-order valence-corrected chi connectivity index (χ3v) is 3.96. The van der Waals surface area contributed by atoms with Gasteiger partial charge < -0.3 is 14.5 Å². The lowest BCUT2D eigenvalue weighted by molar-refractivity contribution is 0.0208. The Labute approximate surface area is 142 Å². The molecule has 1 aliphatic rings. The molecular weight excluding hydrogens is 330 g/mol. The summed E-state index contributed by atoms with van der Waals surface area (Å²) in [5.74, 6) is 0.240. The number of furan rings is 1. The van der Waals surface area contributed by atoms with Crippen LogP contribution in [0.15, 0.2) is 34.7 Å². The first kappa shape index (κ1) is 15.9. The summed E-state index contributed by atoms with van der Waals surface area (Å²) >= 11 is 0. The molecular formula is C17H16F2N4O2. The molecule has 3 aromatic rings. The summed E-state index contributed by atoms with van der Waals surface area (Å²) in [5.41, 5.74) is 0.366. The minimum Gasteiger partial charge on any atom is -0.458 e. The van der Waals surface area contributed by atoms with E-state index in [9.17, 15) is 8.78 Å². The third-order valence-electron chi connectivity index (χ3n) is 3.96. The van der Waals surface area contributed by atoms with E-state index in [1.807, 2.05) is 13.0 Å². The van der Waals surface area contributed by atoms with Gasteiger partial charge in [-0.1, -0.05) is 0 Å². The summed E-state index contributed by atoms with van der Waals surface area (Å²) < 4.78 is 39.7. The smallest absolute Gasteiger partial charge is 0.217 e. The van der Waals surface area contributed by atoms with Gasteiger partial charge in [0.15, 0.2) is 23.2 Å². The Kier molecular flexibility index (Phi) is 4.06. The molecule has 2 aromatic heterocycles. The van der Waals surface area contributed by atoms with Gasteiger partial charge in [-0.25, -0.2) is 18.4 Å². The highest BCUT2D eigenvalue weighted by atomic mass is 19.2. The van der Waals surface area contributed by atoms with Crippen molar-refractivity contribution in [2.75, 3.05) is 19.7 Å². The summed E-state index contributed by atoms with van der Waals surface area (Å²) in [7, 11) is 0. The van der Waals surface area contributed by atoms with Crippen LogP contribution >= 0.6 is 0 Å². The van der Waals surface area contributed by atoms with Crippen LogP contribution in [-0.4, -0.2) is 34.5 Å². The number of nitrogens with one attached hydrogen (secondary N) is 1. The fraction of sp³-hybridized carbons (Fsp3) is 0.294. The second kappa shape index (κ2) is 6.38. The molecule has 0 bridgehead atoms. The number of hydrogen-bond acceptors (Lipinski definition) is 5. The van der Waals surface area contributed by atoms with E-state index < -0.39 is 11.6 Å². The normalized spacial score (nSPS) is 17.8. The van der Waals surface area contributed by atoms with Gasteiger partial charge >= 0.3 is 0 Å². The van der Waals surface area contributed by atoms with Crippen LogP contribution in [-0.2, 0) is 4.74 Å². The zero-order valence-electron chi connectivity index (χ0n) is 13.5. The van der Waals surface area contributed by atoms with Crippen molar-refractivity contribution in [2.24, 2.45) is 0 Å². The number of hydrogen-bond donors (Lipinski definition) is 1. The average molecular weight is 346 g/mol. The van der Waals surface area contributed by atoms with Gasteiger partial charge in [0.25, 0.3) is 0 Å². The highest BCUT2D eigenvalue weighted by molar-refractivity contribution is 5.48. The van der Waals surface area contributed by atoms with Crippen LogP contribution in [0.2, 0.25) is 0 Å². The molecule has 1 unspecified atom stereocenters. The van der Waals surface area contributed by atoms with Crippen molar-refractivity contribution in [2.45, 2.75) is 13.0 Å². The Morgan fingerprint density at radius 1 is 1.20 bits per heavy atom. The lowest BCUT2D eigenvalue weighted by atomic mass is 10.2. The van der Waals surface area contributed by atoms with E-state index in [2.05, 4.69) is 15.4 Å². The van der Waals surface area contributed by atoms with Crippen LogP contribution in [0.4, 0.5) is 8.78 Å². The van der Waals surface area contributed by atoms with Gasteiger partial charge in [-0.05, 0) is 31.2 Å². The molecule has 0 saturated carbocycles. The number of rotatable bonds is 3. The van der Waals surface area contributed by atoms with E-state index in [0.717, 1.165) is 24.4 Å². The Bertz CT molecular complexity index is 900. The van der Waals surface area contributed by atoms with E-state index in [-0.39, 0.29) is 6.10 Å². The highest BCUT2D eigenvalue weighted by Gasteiger charge is 2.25. The van der Waals surface area contributed by atoms with Gasteiger partial charge in [0.05, 0.1) is 12.3 Å². The molecule has 0 amide bonds. The first-order chi connectivity index (χ1) is 12.1. The third kappa shape index (κ3) is 3.06. The maximum Gasteiger partial charge on any atom is 0.217 e. The van der Waals surface area contributed by atoms with E-state index in [4.69, 9.17) is 9.15 Å². The van der Waals surface area contributed by atoms with Gasteiger partial charge in [0, 0.05) is 19.2 Å². The molecule has 6 nitrogen and oxygen atoms in total. The van der Waals surface area contributed by atoms with Crippen molar-refractivity contribution in [1.82, 2.24) is 20.1 Å².